The summed E-state index contributed by atoms with van der Waals surface area (Å²) in [6.45, 7) is 3.19. The van der Waals surface area contributed by atoms with Crippen LogP contribution in [0.15, 0.2) is 24.5 Å². The van der Waals surface area contributed by atoms with Gasteiger partial charge in [0.1, 0.15) is 5.82 Å². The van der Waals surface area contributed by atoms with Crippen LogP contribution in [0.4, 0.5) is 0 Å². The minimum Gasteiger partial charge on any atom is -0.347 e. The third-order valence-corrected chi connectivity index (χ3v) is 7.31. The summed E-state index contributed by atoms with van der Waals surface area (Å²) in [5.74, 6) is 3.56. The zero-order valence-electron chi connectivity index (χ0n) is 16.4. The van der Waals surface area contributed by atoms with Gasteiger partial charge in [-0.3, -0.25) is 4.79 Å². The Kier molecular flexibility index (Phi) is 4.25. The molecule has 0 aromatic carbocycles. The highest BCUT2D eigenvalue weighted by molar-refractivity contribution is 6.01. The Balaban J connectivity index is 1.35. The maximum Gasteiger partial charge on any atom is 0.254 e. The highest BCUT2D eigenvalue weighted by Crippen LogP contribution is 2.55. The molecule has 1 amide bonds. The first-order chi connectivity index (χ1) is 13.2. The fourth-order valence-corrected chi connectivity index (χ4v) is 6.56. The quantitative estimate of drug-likeness (QED) is 0.742. The summed E-state index contributed by atoms with van der Waals surface area (Å²) in [7, 11) is 0. The SMILES string of the molecule is CCCCCn1cccc2c(C(=O)NC34CC5CC(CC(C5)C3)C4)cnc1-2. The van der Waals surface area contributed by atoms with Crippen LogP contribution in [0.25, 0.3) is 11.4 Å². The van der Waals surface area contributed by atoms with E-state index in [-0.39, 0.29) is 11.4 Å². The number of carbonyl (C=O) groups excluding carboxylic acids is 1. The minimum atomic E-state index is 0.0569. The van der Waals surface area contributed by atoms with Crippen LogP contribution >= 0.6 is 0 Å². The van der Waals surface area contributed by atoms with Crippen molar-refractivity contribution in [2.24, 2.45) is 17.8 Å². The van der Waals surface area contributed by atoms with Gasteiger partial charge in [0.2, 0.25) is 0 Å². The molecule has 6 rings (SSSR count). The van der Waals surface area contributed by atoms with Crippen LogP contribution in [0, 0.1) is 17.8 Å². The Bertz CT molecular complexity index is 773. The van der Waals surface area contributed by atoms with Crippen LogP contribution < -0.4 is 5.32 Å². The van der Waals surface area contributed by atoms with Crippen LogP contribution in [0.1, 0.15) is 75.1 Å². The summed E-state index contributed by atoms with van der Waals surface area (Å²) >= 11 is 0. The Morgan fingerprint density at radius 2 is 1.89 bits per heavy atom. The number of nitrogens with one attached hydrogen (secondary N) is 1. The van der Waals surface area contributed by atoms with Gasteiger partial charge >= 0.3 is 0 Å². The van der Waals surface area contributed by atoms with Gasteiger partial charge in [0, 0.05) is 30.0 Å². The van der Waals surface area contributed by atoms with E-state index in [0.29, 0.717) is 0 Å². The standard InChI is InChI=1S/C23H31N3O/c1-2-3-4-7-26-8-5-6-19-20(15-24-21(19)26)22(27)25-23-12-16-9-17(13-23)11-18(10-16)14-23/h5-6,8,15-18H,2-4,7,9-14H2,1H3,(H,25,27). The third-order valence-electron chi connectivity index (χ3n) is 7.31. The number of unbranched alkanes of at least 4 members (excludes halogenated alkanes) is 2. The lowest BCUT2D eigenvalue weighted by atomic mass is 9.53. The fourth-order valence-electron chi connectivity index (χ4n) is 6.56. The van der Waals surface area contributed by atoms with Gasteiger partial charge in [0.05, 0.1) is 5.56 Å². The van der Waals surface area contributed by atoms with Gasteiger partial charge in [0.25, 0.3) is 5.91 Å². The molecule has 4 fully saturated rings. The van der Waals surface area contributed by atoms with Gasteiger partial charge in [-0.05, 0) is 74.8 Å². The smallest absolute Gasteiger partial charge is 0.254 e. The summed E-state index contributed by atoms with van der Waals surface area (Å²) in [4.78, 5) is 17.8. The maximum absolute atomic E-state index is 13.2. The first-order valence-corrected chi connectivity index (χ1v) is 10.9. The molecule has 2 aliphatic heterocycles. The number of carbonyl (C=O) groups is 1. The van der Waals surface area contributed by atoms with E-state index in [1.165, 1.54) is 51.4 Å². The maximum atomic E-state index is 13.2. The van der Waals surface area contributed by atoms with E-state index in [2.05, 4.69) is 34.1 Å². The first-order valence-electron chi connectivity index (χ1n) is 10.9. The lowest BCUT2D eigenvalue weighted by Crippen LogP contribution is -2.59. The van der Waals surface area contributed by atoms with Gasteiger partial charge < -0.3 is 9.88 Å². The molecule has 0 atom stereocenters. The van der Waals surface area contributed by atoms with Crippen LogP contribution in [-0.2, 0) is 6.54 Å². The molecule has 4 saturated carbocycles. The van der Waals surface area contributed by atoms with Crippen molar-refractivity contribution in [3.63, 3.8) is 0 Å². The molecule has 4 nitrogen and oxygen atoms in total. The normalized spacial score (nSPS) is 31.5. The molecule has 0 radical (unpaired) electrons. The molecule has 1 N–H and O–H groups in total. The number of aryl methyl sites for hydroxylation is 1. The van der Waals surface area contributed by atoms with Crippen molar-refractivity contribution in [3.05, 3.63) is 30.1 Å². The van der Waals surface area contributed by atoms with E-state index < -0.39 is 0 Å². The lowest BCUT2D eigenvalue weighted by molar-refractivity contribution is -0.0166. The van der Waals surface area contributed by atoms with E-state index in [0.717, 1.165) is 47.7 Å². The van der Waals surface area contributed by atoms with Gasteiger partial charge in [-0.2, -0.15) is 0 Å². The molecular weight excluding hydrogens is 334 g/mol. The number of amides is 1. The van der Waals surface area contributed by atoms with Crippen molar-refractivity contribution in [2.75, 3.05) is 0 Å². The van der Waals surface area contributed by atoms with Gasteiger partial charge in [0.15, 0.2) is 0 Å². The number of fused-ring (bicyclic) bond motifs is 1. The average Bonchev–Trinajstić information content (AvgIpc) is 3.05. The molecule has 0 saturated heterocycles. The van der Waals surface area contributed by atoms with Crippen molar-refractivity contribution < 1.29 is 4.79 Å². The second kappa shape index (κ2) is 6.65. The largest absolute Gasteiger partial charge is 0.347 e. The molecule has 2 heterocycles. The molecule has 4 heteroatoms. The molecule has 0 spiro atoms. The molecule has 4 aliphatic carbocycles. The van der Waals surface area contributed by atoms with E-state index in [4.69, 9.17) is 0 Å². The molecule has 0 aromatic rings. The van der Waals surface area contributed by atoms with Crippen LogP contribution in [0.3, 0.4) is 0 Å². The number of aromatic nitrogens is 2. The minimum absolute atomic E-state index is 0.0569. The third kappa shape index (κ3) is 3.07. The van der Waals surface area contributed by atoms with E-state index in [1.54, 1.807) is 6.20 Å². The number of nitrogens with zero attached hydrogens (tertiary/aromatic N) is 2. The highest BCUT2D eigenvalue weighted by atomic mass is 16.1. The fraction of sp³-hybridized carbons (Fsp3) is 0.652. The molecule has 144 valence electrons. The highest BCUT2D eigenvalue weighted by Gasteiger charge is 2.51. The van der Waals surface area contributed by atoms with E-state index in [1.807, 2.05) is 6.07 Å². The summed E-state index contributed by atoms with van der Waals surface area (Å²) in [5.41, 5.74) is 1.81. The second-order valence-electron chi connectivity index (χ2n) is 9.47. The summed E-state index contributed by atoms with van der Waals surface area (Å²) in [6.07, 6.45) is 15.2. The zero-order valence-corrected chi connectivity index (χ0v) is 16.4. The predicted molar refractivity (Wildman–Crippen MR) is 107 cm³/mol. The van der Waals surface area contributed by atoms with Crippen molar-refractivity contribution in [1.82, 2.24) is 14.9 Å². The molecule has 27 heavy (non-hydrogen) atoms. The predicted octanol–water partition coefficient (Wildman–Crippen LogP) is 4.88. The number of rotatable bonds is 6. The Labute approximate surface area is 162 Å². The molecule has 4 bridgehead atoms. The Morgan fingerprint density at radius 1 is 1.19 bits per heavy atom. The summed E-state index contributed by atoms with van der Waals surface area (Å²) < 4.78 is 2.20. The van der Waals surface area contributed by atoms with Crippen molar-refractivity contribution in [3.8, 4) is 11.4 Å². The molecule has 0 unspecified atom stereocenters. The van der Waals surface area contributed by atoms with Crippen molar-refractivity contribution in [2.45, 2.75) is 76.8 Å². The lowest BCUT2D eigenvalue weighted by Gasteiger charge is -2.56. The average molecular weight is 366 g/mol. The number of hydrogen-bond acceptors (Lipinski definition) is 2. The molecule has 6 aliphatic rings. The number of pyridine rings is 1. The van der Waals surface area contributed by atoms with Gasteiger partial charge in [-0.25, -0.2) is 4.98 Å². The van der Waals surface area contributed by atoms with E-state index >= 15 is 0 Å². The summed E-state index contributed by atoms with van der Waals surface area (Å²) in [6, 6.07) is 4.10. The second-order valence-corrected chi connectivity index (χ2v) is 9.47. The van der Waals surface area contributed by atoms with Crippen molar-refractivity contribution >= 4 is 5.91 Å². The van der Waals surface area contributed by atoms with Crippen LogP contribution in [-0.4, -0.2) is 21.0 Å². The van der Waals surface area contributed by atoms with Crippen molar-refractivity contribution in [1.29, 1.82) is 0 Å². The molecule has 0 aromatic heterocycles. The Hall–Kier alpha value is -1.84. The molecular formula is C23H31N3O. The number of hydrogen-bond donors (Lipinski definition) is 1. The van der Waals surface area contributed by atoms with Gasteiger partial charge in [-0.15, -0.1) is 0 Å². The van der Waals surface area contributed by atoms with E-state index in [9.17, 15) is 4.79 Å². The van der Waals surface area contributed by atoms with Crippen LogP contribution in [0.2, 0.25) is 0 Å². The zero-order chi connectivity index (χ0) is 18.4. The van der Waals surface area contributed by atoms with Gasteiger partial charge in [-0.1, -0.05) is 19.8 Å². The monoisotopic (exact) mass is 365 g/mol. The topological polar surface area (TPSA) is 46.9 Å². The Morgan fingerprint density at radius 3 is 2.56 bits per heavy atom. The first kappa shape index (κ1) is 17.3. The van der Waals surface area contributed by atoms with Crippen LogP contribution in [0.5, 0.6) is 0 Å². The summed E-state index contributed by atoms with van der Waals surface area (Å²) in [5, 5.41) is 3.50.